The number of benzene rings is 1. The van der Waals surface area contributed by atoms with Gasteiger partial charge in [0.15, 0.2) is 0 Å². The molecule has 1 atom stereocenters. The van der Waals surface area contributed by atoms with Crippen LogP contribution in [0.5, 0.6) is 0 Å². The van der Waals surface area contributed by atoms with E-state index in [1.54, 1.807) is 6.07 Å². The van der Waals surface area contributed by atoms with Crippen molar-refractivity contribution in [1.29, 1.82) is 0 Å². The van der Waals surface area contributed by atoms with Gasteiger partial charge in [0.1, 0.15) is 0 Å². The van der Waals surface area contributed by atoms with Gasteiger partial charge in [-0.2, -0.15) is 0 Å². The van der Waals surface area contributed by atoms with Crippen LogP contribution < -0.4 is 0 Å². The Morgan fingerprint density at radius 1 is 1.35 bits per heavy atom. The second-order valence-electron chi connectivity index (χ2n) is 5.94. The molecule has 0 aromatic heterocycles. The zero-order valence-corrected chi connectivity index (χ0v) is 12.4. The van der Waals surface area contributed by atoms with Crippen LogP contribution in [0.3, 0.4) is 0 Å². The number of carboxylic acids is 1. The molecular weight excluding hydrogens is 248 g/mol. The van der Waals surface area contributed by atoms with Crippen molar-refractivity contribution in [3.8, 4) is 0 Å². The smallest absolute Gasteiger partial charge is 0.335 e. The monoisotopic (exact) mass is 270 g/mol. The van der Waals surface area contributed by atoms with Crippen molar-refractivity contribution in [2.24, 2.45) is 5.41 Å². The Bertz CT molecular complexity index is 581. The zero-order chi connectivity index (χ0) is 14.8. The van der Waals surface area contributed by atoms with Gasteiger partial charge in [0, 0.05) is 0 Å². The van der Waals surface area contributed by atoms with E-state index in [4.69, 9.17) is 0 Å². The van der Waals surface area contributed by atoms with Gasteiger partial charge in [-0.15, -0.1) is 0 Å². The Hall–Kier alpha value is -1.83. The summed E-state index contributed by atoms with van der Waals surface area (Å²) in [6.07, 6.45) is 9.55. The van der Waals surface area contributed by atoms with Gasteiger partial charge in [0.05, 0.1) is 5.56 Å². The van der Waals surface area contributed by atoms with Crippen LogP contribution in [0.2, 0.25) is 0 Å². The summed E-state index contributed by atoms with van der Waals surface area (Å²) in [5.41, 5.74) is 4.07. The molecule has 0 saturated carbocycles. The van der Waals surface area contributed by atoms with Gasteiger partial charge in [-0.1, -0.05) is 42.9 Å². The van der Waals surface area contributed by atoms with Gasteiger partial charge in [-0.25, -0.2) is 4.79 Å². The SMILES string of the molecule is CC1=CC=CCC1(C)CCc1cccc(C(=O)O)c1C. The molecule has 106 valence electrons. The molecule has 0 fully saturated rings. The Morgan fingerprint density at radius 2 is 2.10 bits per heavy atom. The Morgan fingerprint density at radius 3 is 2.75 bits per heavy atom. The molecule has 0 spiro atoms. The summed E-state index contributed by atoms with van der Waals surface area (Å²) in [7, 11) is 0. The fourth-order valence-corrected chi connectivity index (χ4v) is 2.80. The van der Waals surface area contributed by atoms with E-state index in [9.17, 15) is 9.90 Å². The highest BCUT2D eigenvalue weighted by molar-refractivity contribution is 5.89. The van der Waals surface area contributed by atoms with Gasteiger partial charge >= 0.3 is 5.97 Å². The van der Waals surface area contributed by atoms with Crippen molar-refractivity contribution in [2.45, 2.75) is 40.0 Å². The second-order valence-corrected chi connectivity index (χ2v) is 5.94. The third-order valence-corrected chi connectivity index (χ3v) is 4.63. The summed E-state index contributed by atoms with van der Waals surface area (Å²) in [4.78, 5) is 11.2. The van der Waals surface area contributed by atoms with Gasteiger partial charge < -0.3 is 5.11 Å². The lowest BCUT2D eigenvalue weighted by molar-refractivity contribution is 0.0696. The van der Waals surface area contributed by atoms with Gasteiger partial charge in [-0.3, -0.25) is 0 Å². The van der Waals surface area contributed by atoms with E-state index in [-0.39, 0.29) is 5.41 Å². The first-order valence-corrected chi connectivity index (χ1v) is 7.10. The lowest BCUT2D eigenvalue weighted by Gasteiger charge is -2.32. The van der Waals surface area contributed by atoms with Crippen LogP contribution in [0, 0.1) is 12.3 Å². The Labute approximate surface area is 120 Å². The zero-order valence-electron chi connectivity index (χ0n) is 12.4. The molecule has 1 unspecified atom stereocenters. The molecule has 0 saturated heterocycles. The topological polar surface area (TPSA) is 37.3 Å². The molecule has 1 N–H and O–H groups in total. The van der Waals surface area contributed by atoms with Crippen molar-refractivity contribution >= 4 is 5.97 Å². The lowest BCUT2D eigenvalue weighted by atomic mass is 9.73. The summed E-state index contributed by atoms with van der Waals surface area (Å²) in [5.74, 6) is -0.841. The lowest BCUT2D eigenvalue weighted by Crippen LogP contribution is -2.20. The average molecular weight is 270 g/mol. The number of hydrogen-bond donors (Lipinski definition) is 1. The largest absolute Gasteiger partial charge is 0.478 e. The predicted octanol–water partition coefficient (Wildman–Crippen LogP) is 4.54. The van der Waals surface area contributed by atoms with Crippen LogP contribution >= 0.6 is 0 Å². The summed E-state index contributed by atoms with van der Waals surface area (Å²) >= 11 is 0. The number of aromatic carboxylic acids is 1. The molecule has 2 heteroatoms. The third kappa shape index (κ3) is 2.84. The van der Waals surface area contributed by atoms with E-state index in [2.05, 4.69) is 32.1 Å². The van der Waals surface area contributed by atoms with E-state index < -0.39 is 5.97 Å². The van der Waals surface area contributed by atoms with Crippen molar-refractivity contribution in [2.75, 3.05) is 0 Å². The highest BCUT2D eigenvalue weighted by Crippen LogP contribution is 2.38. The number of carbonyl (C=O) groups is 1. The predicted molar refractivity (Wildman–Crippen MR) is 82.1 cm³/mol. The number of carboxylic acid groups (broad SMARTS) is 1. The molecule has 0 aliphatic heterocycles. The first-order chi connectivity index (χ1) is 9.44. The van der Waals surface area contributed by atoms with Gasteiger partial charge in [0.25, 0.3) is 0 Å². The fraction of sp³-hybridized carbons (Fsp3) is 0.389. The van der Waals surface area contributed by atoms with Crippen LogP contribution in [0.4, 0.5) is 0 Å². The van der Waals surface area contributed by atoms with E-state index >= 15 is 0 Å². The minimum Gasteiger partial charge on any atom is -0.478 e. The second kappa shape index (κ2) is 5.66. The molecule has 0 radical (unpaired) electrons. The Balaban J connectivity index is 2.16. The molecule has 1 aromatic carbocycles. The summed E-state index contributed by atoms with van der Waals surface area (Å²) in [6.45, 7) is 6.38. The quantitative estimate of drug-likeness (QED) is 0.872. The molecule has 2 nitrogen and oxygen atoms in total. The number of allylic oxidation sites excluding steroid dienone is 4. The molecule has 1 aliphatic rings. The minimum atomic E-state index is -0.841. The van der Waals surface area contributed by atoms with Crippen LogP contribution in [0.1, 0.15) is 48.2 Å². The van der Waals surface area contributed by atoms with Gasteiger partial charge in [-0.05, 0) is 55.7 Å². The summed E-state index contributed by atoms with van der Waals surface area (Å²) < 4.78 is 0. The van der Waals surface area contributed by atoms with E-state index in [0.29, 0.717) is 5.56 Å². The van der Waals surface area contributed by atoms with Crippen molar-refractivity contribution < 1.29 is 9.90 Å². The molecule has 20 heavy (non-hydrogen) atoms. The number of rotatable bonds is 4. The van der Waals surface area contributed by atoms with Gasteiger partial charge in [0.2, 0.25) is 0 Å². The first-order valence-electron chi connectivity index (χ1n) is 7.10. The van der Waals surface area contributed by atoms with Crippen molar-refractivity contribution in [3.63, 3.8) is 0 Å². The molecule has 0 bridgehead atoms. The van der Waals surface area contributed by atoms with Crippen LogP contribution in [-0.2, 0) is 6.42 Å². The van der Waals surface area contributed by atoms with E-state index in [0.717, 1.165) is 30.4 Å². The van der Waals surface area contributed by atoms with Crippen LogP contribution in [-0.4, -0.2) is 11.1 Å². The Kier molecular flexibility index (Phi) is 4.12. The van der Waals surface area contributed by atoms with E-state index in [1.807, 2.05) is 19.1 Å². The van der Waals surface area contributed by atoms with Crippen molar-refractivity contribution in [1.82, 2.24) is 0 Å². The summed E-state index contributed by atoms with van der Waals surface area (Å²) in [5, 5.41) is 9.18. The minimum absolute atomic E-state index is 0.195. The average Bonchev–Trinajstić information content (AvgIpc) is 2.41. The highest BCUT2D eigenvalue weighted by Gasteiger charge is 2.26. The normalized spacial score (nSPS) is 21.6. The molecule has 0 heterocycles. The molecule has 1 aliphatic carbocycles. The maximum absolute atomic E-state index is 11.2. The third-order valence-electron chi connectivity index (χ3n) is 4.63. The standard InChI is InChI=1S/C18H22O2/c1-13-7-4-5-11-18(13,3)12-10-15-8-6-9-16(14(15)2)17(19)20/h4-9H,10-12H2,1-3H3,(H,19,20). The maximum Gasteiger partial charge on any atom is 0.335 e. The molecule has 0 amide bonds. The number of hydrogen-bond acceptors (Lipinski definition) is 1. The summed E-state index contributed by atoms with van der Waals surface area (Å²) in [6, 6.07) is 5.57. The molecular formula is C18H22O2. The maximum atomic E-state index is 11.2. The first kappa shape index (κ1) is 14.6. The van der Waals surface area contributed by atoms with Crippen LogP contribution in [0.15, 0.2) is 42.0 Å². The fourth-order valence-electron chi connectivity index (χ4n) is 2.80. The molecule has 1 aromatic rings. The molecule has 2 rings (SSSR count). The van der Waals surface area contributed by atoms with E-state index in [1.165, 1.54) is 5.57 Å². The van der Waals surface area contributed by atoms with Crippen molar-refractivity contribution in [3.05, 3.63) is 58.7 Å². The highest BCUT2D eigenvalue weighted by atomic mass is 16.4. The number of aryl methyl sites for hydroxylation is 1. The van der Waals surface area contributed by atoms with Crippen LogP contribution in [0.25, 0.3) is 0 Å².